The number of nitrogens with zero attached hydrogens (tertiary/aromatic N) is 1. The molecular weight excluding hydrogens is 303 g/mol. The summed E-state index contributed by atoms with van der Waals surface area (Å²) in [6.45, 7) is 7.06. The molecule has 4 heteroatoms. The van der Waals surface area contributed by atoms with Crippen LogP contribution in [0, 0.1) is 5.82 Å². The first-order chi connectivity index (χ1) is 11.7. The predicted molar refractivity (Wildman–Crippen MR) is 98.4 cm³/mol. The minimum Gasteiger partial charge on any atom is -0.358 e. The maximum Gasteiger partial charge on any atom is 0.128 e. The van der Waals surface area contributed by atoms with Gasteiger partial charge >= 0.3 is 0 Å². The fraction of sp³-hybridized carbons (Fsp3) is 0.600. The minimum atomic E-state index is -0.127. The summed E-state index contributed by atoms with van der Waals surface area (Å²) in [4.78, 5) is 5.12. The van der Waals surface area contributed by atoms with Crippen molar-refractivity contribution in [3.63, 3.8) is 0 Å². The largest absolute Gasteiger partial charge is 0.358 e. The van der Waals surface area contributed by atoms with Gasteiger partial charge < -0.3 is 10.2 Å². The van der Waals surface area contributed by atoms with Crippen molar-refractivity contribution in [1.82, 2.24) is 5.06 Å². The fourth-order valence-electron chi connectivity index (χ4n) is 2.98. The van der Waals surface area contributed by atoms with Crippen LogP contribution >= 0.6 is 0 Å². The highest BCUT2D eigenvalue weighted by molar-refractivity contribution is 5.51. The van der Waals surface area contributed by atoms with Gasteiger partial charge in [0.2, 0.25) is 0 Å². The summed E-state index contributed by atoms with van der Waals surface area (Å²) >= 11 is 0. The molecule has 0 bridgehead atoms. The van der Waals surface area contributed by atoms with Crippen molar-refractivity contribution in [2.75, 3.05) is 19.0 Å². The van der Waals surface area contributed by atoms with Gasteiger partial charge in [-0.2, -0.15) is 5.06 Å². The van der Waals surface area contributed by atoms with E-state index in [1.807, 2.05) is 17.2 Å². The van der Waals surface area contributed by atoms with Crippen molar-refractivity contribution in [3.8, 4) is 0 Å². The van der Waals surface area contributed by atoms with Crippen LogP contribution in [0.15, 0.2) is 30.5 Å². The highest BCUT2D eigenvalue weighted by Crippen LogP contribution is 2.26. The number of hydroxylamine groups is 2. The molecule has 1 aliphatic heterocycles. The van der Waals surface area contributed by atoms with Gasteiger partial charge in [-0.3, -0.25) is 0 Å². The number of benzene rings is 1. The molecule has 1 saturated heterocycles. The van der Waals surface area contributed by atoms with Gasteiger partial charge in [0.15, 0.2) is 0 Å². The molecule has 3 nitrogen and oxygen atoms in total. The van der Waals surface area contributed by atoms with Gasteiger partial charge in [0.1, 0.15) is 5.82 Å². The van der Waals surface area contributed by atoms with Crippen molar-refractivity contribution < 1.29 is 9.23 Å². The summed E-state index contributed by atoms with van der Waals surface area (Å²) < 4.78 is 14.2. The first kappa shape index (κ1) is 18.9. The van der Waals surface area contributed by atoms with Crippen LogP contribution in [0.5, 0.6) is 0 Å². The number of hydrogen-bond acceptors (Lipinski definition) is 3. The second-order valence-electron chi connectivity index (χ2n) is 6.63. The molecule has 1 aromatic carbocycles. The quantitative estimate of drug-likeness (QED) is 0.415. The van der Waals surface area contributed by atoms with E-state index < -0.39 is 0 Å². The Bertz CT molecular complexity index is 532. The normalized spacial score (nSPS) is 19.3. The SMILES string of the molecule is C=C(Nc1ccc(CCCCCCCCC)c(F)c1)C1CN1OC. The first-order valence-electron chi connectivity index (χ1n) is 9.20. The van der Waals surface area contributed by atoms with E-state index >= 15 is 0 Å². The van der Waals surface area contributed by atoms with Gasteiger partial charge in [-0.05, 0) is 30.5 Å². The van der Waals surface area contributed by atoms with E-state index in [2.05, 4.69) is 18.8 Å². The van der Waals surface area contributed by atoms with Crippen LogP contribution in [0.3, 0.4) is 0 Å². The Labute approximate surface area is 145 Å². The Morgan fingerprint density at radius 3 is 2.58 bits per heavy atom. The summed E-state index contributed by atoms with van der Waals surface area (Å²) in [5.41, 5.74) is 2.41. The van der Waals surface area contributed by atoms with E-state index in [-0.39, 0.29) is 11.9 Å². The van der Waals surface area contributed by atoms with Crippen molar-refractivity contribution in [2.24, 2.45) is 0 Å². The lowest BCUT2D eigenvalue weighted by molar-refractivity contribution is -0.0331. The van der Waals surface area contributed by atoms with Crippen LogP contribution in [-0.4, -0.2) is 24.8 Å². The number of aryl methyl sites for hydroxylation is 1. The zero-order valence-corrected chi connectivity index (χ0v) is 15.1. The highest BCUT2D eigenvalue weighted by Gasteiger charge is 2.37. The summed E-state index contributed by atoms with van der Waals surface area (Å²) in [5, 5.41) is 5.00. The average molecular weight is 334 g/mol. The van der Waals surface area contributed by atoms with E-state index in [1.165, 1.54) is 38.5 Å². The number of rotatable bonds is 12. The molecule has 1 aliphatic rings. The van der Waals surface area contributed by atoms with Gasteiger partial charge in [0.25, 0.3) is 0 Å². The molecule has 0 spiro atoms. The van der Waals surface area contributed by atoms with Crippen LogP contribution in [0.2, 0.25) is 0 Å². The molecule has 0 saturated carbocycles. The number of anilines is 1. The molecule has 1 heterocycles. The zero-order chi connectivity index (χ0) is 17.4. The number of nitrogens with one attached hydrogen (secondary N) is 1. The Morgan fingerprint density at radius 2 is 1.96 bits per heavy atom. The Balaban J connectivity index is 1.70. The standard InChI is InChI=1S/C20H31FN2O/c1-4-5-6-7-8-9-10-11-17-12-13-18(14-19(17)21)22-16(2)20-15-23(20)24-3/h12-14,20,22H,2,4-11,15H2,1,3H3. The third-order valence-corrected chi connectivity index (χ3v) is 4.61. The molecule has 24 heavy (non-hydrogen) atoms. The van der Waals surface area contributed by atoms with Crippen molar-refractivity contribution in [1.29, 1.82) is 0 Å². The lowest BCUT2D eigenvalue weighted by Crippen LogP contribution is -2.09. The molecule has 1 aromatic rings. The first-order valence-corrected chi connectivity index (χ1v) is 9.20. The highest BCUT2D eigenvalue weighted by atomic mass is 19.1. The summed E-state index contributed by atoms with van der Waals surface area (Å²) in [5.74, 6) is -0.127. The van der Waals surface area contributed by atoms with Gasteiger partial charge in [0.05, 0.1) is 13.2 Å². The third kappa shape index (κ3) is 5.91. The molecule has 1 N–H and O–H groups in total. The fourth-order valence-corrected chi connectivity index (χ4v) is 2.98. The van der Waals surface area contributed by atoms with Gasteiger partial charge in [-0.15, -0.1) is 0 Å². The Morgan fingerprint density at radius 1 is 1.25 bits per heavy atom. The molecular formula is C20H31FN2O. The number of unbranched alkanes of at least 4 members (excludes halogenated alkanes) is 6. The molecule has 0 aromatic heterocycles. The van der Waals surface area contributed by atoms with Crippen molar-refractivity contribution >= 4 is 5.69 Å². The van der Waals surface area contributed by atoms with Gasteiger partial charge in [-0.25, -0.2) is 4.39 Å². The Hall–Kier alpha value is -1.39. The van der Waals surface area contributed by atoms with Crippen LogP contribution in [0.1, 0.15) is 57.4 Å². The van der Waals surface area contributed by atoms with Gasteiger partial charge in [0, 0.05) is 17.9 Å². The predicted octanol–water partition coefficient (Wildman–Crippen LogP) is 5.29. The topological polar surface area (TPSA) is 24.3 Å². The smallest absolute Gasteiger partial charge is 0.128 e. The molecule has 2 atom stereocenters. The van der Waals surface area contributed by atoms with E-state index in [1.54, 1.807) is 13.2 Å². The molecule has 134 valence electrons. The third-order valence-electron chi connectivity index (χ3n) is 4.61. The van der Waals surface area contributed by atoms with E-state index in [0.717, 1.165) is 36.3 Å². The minimum absolute atomic E-state index is 0.127. The monoisotopic (exact) mass is 334 g/mol. The molecule has 1 fully saturated rings. The lowest BCUT2D eigenvalue weighted by Gasteiger charge is -2.11. The molecule has 0 aliphatic carbocycles. The van der Waals surface area contributed by atoms with Crippen LogP contribution in [-0.2, 0) is 11.3 Å². The molecule has 2 rings (SSSR count). The van der Waals surface area contributed by atoms with Crippen LogP contribution in [0.25, 0.3) is 0 Å². The van der Waals surface area contributed by atoms with Crippen molar-refractivity contribution in [3.05, 3.63) is 41.9 Å². The van der Waals surface area contributed by atoms with E-state index in [0.29, 0.717) is 0 Å². The average Bonchev–Trinajstić information content (AvgIpc) is 3.35. The molecule has 2 unspecified atom stereocenters. The van der Waals surface area contributed by atoms with Crippen LogP contribution < -0.4 is 5.32 Å². The number of halogens is 1. The zero-order valence-electron chi connectivity index (χ0n) is 15.1. The lowest BCUT2D eigenvalue weighted by atomic mass is 10.0. The summed E-state index contributed by atoms with van der Waals surface area (Å²) in [6.07, 6.45) is 9.58. The maximum absolute atomic E-state index is 14.2. The number of hydrogen-bond donors (Lipinski definition) is 1. The van der Waals surface area contributed by atoms with Gasteiger partial charge in [-0.1, -0.05) is 58.1 Å². The summed E-state index contributed by atoms with van der Waals surface area (Å²) in [7, 11) is 1.64. The molecule has 0 radical (unpaired) electrons. The summed E-state index contributed by atoms with van der Waals surface area (Å²) in [6, 6.07) is 5.58. The maximum atomic E-state index is 14.2. The Kier molecular flexibility index (Phi) is 7.73. The second-order valence-corrected chi connectivity index (χ2v) is 6.63. The van der Waals surface area contributed by atoms with Crippen molar-refractivity contribution in [2.45, 2.75) is 64.3 Å². The van der Waals surface area contributed by atoms with Crippen LogP contribution in [0.4, 0.5) is 10.1 Å². The van der Waals surface area contributed by atoms with E-state index in [9.17, 15) is 4.39 Å². The second kappa shape index (κ2) is 9.80. The molecule has 0 amide bonds. The van der Waals surface area contributed by atoms with E-state index in [4.69, 9.17) is 4.84 Å².